The van der Waals surface area contributed by atoms with E-state index in [4.69, 9.17) is 23.2 Å². The molecule has 3 aromatic rings. The summed E-state index contributed by atoms with van der Waals surface area (Å²) in [5, 5.41) is 15.6. The molecule has 0 saturated heterocycles. The van der Waals surface area contributed by atoms with Crippen LogP contribution >= 0.6 is 23.2 Å². The van der Waals surface area contributed by atoms with Crippen LogP contribution in [0.25, 0.3) is 0 Å². The lowest BCUT2D eigenvalue weighted by molar-refractivity contribution is -0.385. The first-order chi connectivity index (χ1) is 12.7. The molecule has 12 heteroatoms. The lowest BCUT2D eigenvalue weighted by Gasteiger charge is -2.05. The van der Waals surface area contributed by atoms with Crippen LogP contribution in [-0.2, 0) is 16.6 Å². The smallest absolute Gasteiger partial charge is 0.258 e. The highest BCUT2D eigenvalue weighted by molar-refractivity contribution is 7.92. The summed E-state index contributed by atoms with van der Waals surface area (Å²) < 4.78 is 28.3. The molecule has 27 heavy (non-hydrogen) atoms. The van der Waals surface area contributed by atoms with Gasteiger partial charge >= 0.3 is 0 Å². The van der Waals surface area contributed by atoms with Gasteiger partial charge in [0.15, 0.2) is 0 Å². The minimum atomic E-state index is -4.07. The summed E-state index contributed by atoms with van der Waals surface area (Å²) in [6, 6.07) is 9.73. The minimum absolute atomic E-state index is 0.165. The van der Waals surface area contributed by atoms with Crippen LogP contribution in [0.15, 0.2) is 53.7 Å². The van der Waals surface area contributed by atoms with E-state index in [1.54, 1.807) is 18.2 Å². The maximum Gasteiger partial charge on any atom is 0.270 e. The van der Waals surface area contributed by atoms with Gasteiger partial charge < -0.3 is 0 Å². The number of sulfonamides is 1. The third-order valence-corrected chi connectivity index (χ3v) is 5.49. The lowest BCUT2D eigenvalue weighted by atomic mass is 10.2. The van der Waals surface area contributed by atoms with Gasteiger partial charge in [-0.15, -0.1) is 5.10 Å². The second kappa shape index (κ2) is 7.51. The van der Waals surface area contributed by atoms with Crippen molar-refractivity contribution < 1.29 is 13.3 Å². The number of hydrogen-bond donors (Lipinski definition) is 1. The van der Waals surface area contributed by atoms with Gasteiger partial charge in [-0.05, 0) is 23.8 Å². The number of non-ortho nitro benzene ring substituents is 1. The van der Waals surface area contributed by atoms with Gasteiger partial charge in [0, 0.05) is 12.1 Å². The molecule has 0 radical (unpaired) electrons. The Morgan fingerprint density at radius 1 is 1.15 bits per heavy atom. The molecule has 0 aliphatic rings. The van der Waals surface area contributed by atoms with Crippen molar-refractivity contribution in [1.29, 1.82) is 0 Å². The third kappa shape index (κ3) is 4.54. The van der Waals surface area contributed by atoms with Crippen molar-refractivity contribution >= 4 is 44.9 Å². The summed E-state index contributed by atoms with van der Waals surface area (Å²) in [4.78, 5) is 13.8. The average molecular weight is 428 g/mol. The fourth-order valence-corrected chi connectivity index (χ4v) is 3.49. The molecule has 1 heterocycles. The highest BCUT2D eigenvalue weighted by Crippen LogP contribution is 2.23. The van der Waals surface area contributed by atoms with Crippen molar-refractivity contribution in [2.24, 2.45) is 0 Å². The van der Waals surface area contributed by atoms with Gasteiger partial charge in [0.05, 0.1) is 26.4 Å². The number of nitro groups is 1. The number of halogens is 2. The highest BCUT2D eigenvalue weighted by atomic mass is 35.5. The summed E-state index contributed by atoms with van der Waals surface area (Å²) >= 11 is 11.8. The second-order valence-electron chi connectivity index (χ2n) is 5.37. The van der Waals surface area contributed by atoms with Crippen LogP contribution in [0.1, 0.15) is 5.56 Å². The Morgan fingerprint density at radius 3 is 2.63 bits per heavy atom. The first-order valence-electron chi connectivity index (χ1n) is 7.35. The summed E-state index contributed by atoms with van der Waals surface area (Å²) in [5.41, 5.74) is 0.457. The van der Waals surface area contributed by atoms with Crippen molar-refractivity contribution in [2.45, 2.75) is 11.4 Å². The van der Waals surface area contributed by atoms with E-state index in [1.807, 2.05) is 0 Å². The van der Waals surface area contributed by atoms with Gasteiger partial charge in [0.1, 0.15) is 6.33 Å². The Labute approximate surface area is 163 Å². The molecule has 9 nitrogen and oxygen atoms in total. The SMILES string of the molecule is O=[N+]([O-])c1cccc(S(=O)(=O)Nc2ncn(Cc3ccc(Cl)c(Cl)c3)n2)c1. The van der Waals surface area contributed by atoms with Crippen molar-refractivity contribution in [3.8, 4) is 0 Å². The number of nitrogens with one attached hydrogen (secondary N) is 1. The molecule has 0 atom stereocenters. The Balaban J connectivity index is 1.77. The van der Waals surface area contributed by atoms with E-state index < -0.39 is 14.9 Å². The van der Waals surface area contributed by atoms with Crippen LogP contribution in [0.2, 0.25) is 10.0 Å². The summed E-state index contributed by atoms with van der Waals surface area (Å²) in [7, 11) is -4.07. The fourth-order valence-electron chi connectivity index (χ4n) is 2.19. The molecular formula is C15H11Cl2N5O4S. The molecule has 2 aromatic carbocycles. The van der Waals surface area contributed by atoms with E-state index in [0.717, 1.165) is 11.6 Å². The maximum atomic E-state index is 12.4. The third-order valence-electron chi connectivity index (χ3n) is 3.43. The van der Waals surface area contributed by atoms with Crippen molar-refractivity contribution in [2.75, 3.05) is 4.72 Å². The standard InChI is InChI=1S/C15H11Cl2N5O4S/c16-13-5-4-10(6-14(13)17)8-21-9-18-15(19-21)20-27(25,26)12-3-1-2-11(7-12)22(23)24/h1-7,9H,8H2,(H,19,20). The molecule has 0 unspecified atom stereocenters. The fraction of sp³-hybridized carbons (Fsp3) is 0.0667. The number of anilines is 1. The zero-order valence-electron chi connectivity index (χ0n) is 13.4. The summed E-state index contributed by atoms with van der Waals surface area (Å²) in [6.45, 7) is 0.294. The predicted octanol–water partition coefficient (Wildman–Crippen LogP) is 3.34. The molecule has 1 aromatic heterocycles. The van der Waals surface area contributed by atoms with E-state index in [2.05, 4.69) is 14.8 Å². The molecule has 0 aliphatic heterocycles. The van der Waals surface area contributed by atoms with Gasteiger partial charge in [-0.2, -0.15) is 4.98 Å². The summed E-state index contributed by atoms with van der Waals surface area (Å²) in [5.74, 6) is -0.165. The molecule has 0 aliphatic carbocycles. The van der Waals surface area contributed by atoms with Crippen LogP contribution in [-0.4, -0.2) is 28.1 Å². The van der Waals surface area contributed by atoms with Gasteiger partial charge in [0.25, 0.3) is 21.7 Å². The van der Waals surface area contributed by atoms with Crippen LogP contribution < -0.4 is 4.72 Å². The second-order valence-corrected chi connectivity index (χ2v) is 7.87. The Kier molecular flexibility index (Phi) is 5.31. The Morgan fingerprint density at radius 2 is 1.93 bits per heavy atom. The average Bonchev–Trinajstić information content (AvgIpc) is 3.04. The quantitative estimate of drug-likeness (QED) is 0.475. The number of aromatic nitrogens is 3. The van der Waals surface area contributed by atoms with E-state index in [0.29, 0.717) is 16.6 Å². The lowest BCUT2D eigenvalue weighted by Crippen LogP contribution is -2.14. The zero-order valence-corrected chi connectivity index (χ0v) is 15.7. The van der Waals surface area contributed by atoms with Gasteiger partial charge in [-0.1, -0.05) is 35.3 Å². The minimum Gasteiger partial charge on any atom is -0.258 e. The van der Waals surface area contributed by atoms with E-state index in [-0.39, 0.29) is 16.5 Å². The molecular weight excluding hydrogens is 417 g/mol. The van der Waals surface area contributed by atoms with Crippen molar-refractivity contribution in [3.05, 3.63) is 74.5 Å². The molecule has 3 rings (SSSR count). The molecule has 0 saturated carbocycles. The monoisotopic (exact) mass is 427 g/mol. The normalized spacial score (nSPS) is 11.3. The van der Waals surface area contributed by atoms with E-state index >= 15 is 0 Å². The number of nitrogens with zero attached hydrogens (tertiary/aromatic N) is 4. The topological polar surface area (TPSA) is 120 Å². The first-order valence-corrected chi connectivity index (χ1v) is 9.59. The van der Waals surface area contributed by atoms with Gasteiger partial charge in [-0.3, -0.25) is 10.1 Å². The van der Waals surface area contributed by atoms with Crippen LogP contribution in [0.4, 0.5) is 11.6 Å². The molecule has 0 fully saturated rings. The Hall–Kier alpha value is -2.69. The number of benzene rings is 2. The molecule has 0 bridgehead atoms. The predicted molar refractivity (Wildman–Crippen MR) is 99.5 cm³/mol. The van der Waals surface area contributed by atoms with Crippen LogP contribution in [0.5, 0.6) is 0 Å². The van der Waals surface area contributed by atoms with Crippen LogP contribution in [0, 0.1) is 10.1 Å². The van der Waals surface area contributed by atoms with Gasteiger partial charge in [0.2, 0.25) is 0 Å². The largest absolute Gasteiger partial charge is 0.270 e. The Bertz CT molecular complexity index is 1120. The van der Waals surface area contributed by atoms with E-state index in [1.165, 1.54) is 29.2 Å². The molecule has 140 valence electrons. The molecule has 0 spiro atoms. The number of nitro benzene ring substituents is 1. The van der Waals surface area contributed by atoms with E-state index in [9.17, 15) is 18.5 Å². The first kappa shape index (κ1) is 19.1. The number of hydrogen-bond acceptors (Lipinski definition) is 6. The van der Waals surface area contributed by atoms with Crippen molar-refractivity contribution in [1.82, 2.24) is 14.8 Å². The number of rotatable bonds is 6. The van der Waals surface area contributed by atoms with Crippen molar-refractivity contribution in [3.63, 3.8) is 0 Å². The molecule has 1 N–H and O–H groups in total. The van der Waals surface area contributed by atoms with Crippen LogP contribution in [0.3, 0.4) is 0 Å². The highest BCUT2D eigenvalue weighted by Gasteiger charge is 2.19. The zero-order chi connectivity index (χ0) is 19.6. The van der Waals surface area contributed by atoms with Gasteiger partial charge in [-0.25, -0.2) is 17.8 Å². The molecule has 0 amide bonds. The summed E-state index contributed by atoms with van der Waals surface area (Å²) in [6.07, 6.45) is 1.34. The maximum absolute atomic E-state index is 12.4.